The van der Waals surface area contributed by atoms with Gasteiger partial charge in [-0.05, 0) is 35.9 Å². The molecule has 2 aromatic rings. The second-order valence-corrected chi connectivity index (χ2v) is 6.94. The van der Waals surface area contributed by atoms with E-state index in [9.17, 15) is 8.78 Å². The second kappa shape index (κ2) is 10.7. The predicted molar refractivity (Wildman–Crippen MR) is 111 cm³/mol. The molecule has 158 valence electrons. The van der Waals surface area contributed by atoms with E-state index in [0.717, 1.165) is 18.7 Å². The van der Waals surface area contributed by atoms with Crippen LogP contribution in [0.1, 0.15) is 22.7 Å². The minimum absolute atomic E-state index is 0.00621. The van der Waals surface area contributed by atoms with Crippen LogP contribution < -0.4 is 10.6 Å². The zero-order valence-electron chi connectivity index (χ0n) is 16.9. The van der Waals surface area contributed by atoms with Crippen molar-refractivity contribution >= 4 is 5.96 Å². The summed E-state index contributed by atoms with van der Waals surface area (Å²) in [5.74, 6) is -0.141. The molecule has 1 atom stereocenters. The normalized spacial score (nSPS) is 16.0. The molecule has 1 heterocycles. The smallest absolute Gasteiger partial charge is 0.191 e. The molecule has 0 aromatic heterocycles. The summed E-state index contributed by atoms with van der Waals surface area (Å²) < 4.78 is 32.8. The van der Waals surface area contributed by atoms with Gasteiger partial charge in [-0.1, -0.05) is 12.1 Å². The number of guanidine groups is 1. The summed E-state index contributed by atoms with van der Waals surface area (Å²) in [6.45, 7) is 3.59. The first kappa shape index (κ1) is 21.7. The van der Waals surface area contributed by atoms with Crippen LogP contribution in [0.3, 0.4) is 0 Å². The van der Waals surface area contributed by atoms with E-state index in [2.05, 4.69) is 20.5 Å². The topological polar surface area (TPSA) is 72.7 Å². The molecule has 1 fully saturated rings. The van der Waals surface area contributed by atoms with Crippen LogP contribution in [0.15, 0.2) is 47.5 Å². The Balaban J connectivity index is 1.65. The molecule has 0 aliphatic carbocycles. The number of hydrogen-bond donors (Lipinski definition) is 2. The van der Waals surface area contributed by atoms with Gasteiger partial charge in [0.05, 0.1) is 30.9 Å². The van der Waals surface area contributed by atoms with E-state index in [1.54, 1.807) is 19.2 Å². The van der Waals surface area contributed by atoms with Crippen molar-refractivity contribution in [2.24, 2.45) is 4.99 Å². The Kier molecular flexibility index (Phi) is 7.71. The van der Waals surface area contributed by atoms with E-state index in [-0.39, 0.29) is 24.2 Å². The number of nitrogens with zero attached hydrogens (tertiary/aromatic N) is 3. The molecule has 6 nitrogen and oxygen atoms in total. The Morgan fingerprint density at radius 3 is 2.57 bits per heavy atom. The Morgan fingerprint density at radius 2 is 1.90 bits per heavy atom. The molecule has 0 spiro atoms. The maximum atomic E-state index is 14.0. The number of hydrogen-bond acceptors (Lipinski definition) is 4. The summed E-state index contributed by atoms with van der Waals surface area (Å²) in [7, 11) is 1.64. The lowest BCUT2D eigenvalue weighted by Crippen LogP contribution is -2.46. The third kappa shape index (κ3) is 5.75. The maximum Gasteiger partial charge on any atom is 0.191 e. The first-order valence-electron chi connectivity index (χ1n) is 9.81. The number of rotatable bonds is 6. The minimum atomic E-state index is -0.380. The van der Waals surface area contributed by atoms with Gasteiger partial charge in [-0.15, -0.1) is 0 Å². The highest BCUT2D eigenvalue weighted by molar-refractivity contribution is 5.79. The highest BCUT2D eigenvalue weighted by atomic mass is 19.1. The van der Waals surface area contributed by atoms with Crippen molar-refractivity contribution in [1.82, 2.24) is 15.5 Å². The van der Waals surface area contributed by atoms with Crippen LogP contribution in [-0.4, -0.2) is 50.8 Å². The third-order valence-corrected chi connectivity index (χ3v) is 5.05. The first-order chi connectivity index (χ1) is 14.6. The van der Waals surface area contributed by atoms with Gasteiger partial charge in [-0.25, -0.2) is 8.78 Å². The fourth-order valence-corrected chi connectivity index (χ4v) is 3.40. The van der Waals surface area contributed by atoms with Crippen LogP contribution in [-0.2, 0) is 11.3 Å². The van der Waals surface area contributed by atoms with Crippen molar-refractivity contribution in [2.75, 3.05) is 39.9 Å². The van der Waals surface area contributed by atoms with Crippen LogP contribution >= 0.6 is 0 Å². The molecule has 8 heteroatoms. The summed E-state index contributed by atoms with van der Waals surface area (Å²) in [5, 5.41) is 15.4. The lowest BCUT2D eigenvalue weighted by atomic mass is 10.0. The molecular weight excluding hydrogens is 388 g/mol. The number of nitriles is 1. The quantitative estimate of drug-likeness (QED) is 0.563. The van der Waals surface area contributed by atoms with Gasteiger partial charge in [-0.3, -0.25) is 9.89 Å². The molecule has 1 aliphatic rings. The Hall–Kier alpha value is -3.02. The highest BCUT2D eigenvalue weighted by Crippen LogP contribution is 2.21. The first-order valence-corrected chi connectivity index (χ1v) is 9.81. The Labute approximate surface area is 175 Å². The summed E-state index contributed by atoms with van der Waals surface area (Å²) in [6.07, 6.45) is 0. The lowest BCUT2D eigenvalue weighted by molar-refractivity contribution is 0.0170. The number of ether oxygens (including phenoxy) is 1. The molecule has 2 N–H and O–H groups in total. The molecule has 0 radical (unpaired) electrons. The largest absolute Gasteiger partial charge is 0.379 e. The highest BCUT2D eigenvalue weighted by Gasteiger charge is 2.23. The van der Waals surface area contributed by atoms with Gasteiger partial charge in [0.15, 0.2) is 5.96 Å². The van der Waals surface area contributed by atoms with Crippen LogP contribution in [0.25, 0.3) is 0 Å². The number of benzene rings is 2. The molecule has 3 rings (SSSR count). The van der Waals surface area contributed by atoms with Crippen molar-refractivity contribution in [3.8, 4) is 6.07 Å². The minimum Gasteiger partial charge on any atom is -0.379 e. The SMILES string of the molecule is CN=C(NCc1cc(C#N)ccc1F)NCC(c1ccc(F)cc1)N1CCOCC1. The number of morpholine rings is 1. The fraction of sp³-hybridized carbons (Fsp3) is 0.364. The molecule has 1 aliphatic heterocycles. The van der Waals surface area contributed by atoms with Gasteiger partial charge < -0.3 is 15.4 Å². The molecule has 1 unspecified atom stereocenters. The zero-order chi connectivity index (χ0) is 21.3. The molecule has 0 saturated carbocycles. The van der Waals surface area contributed by atoms with Crippen LogP contribution in [0.4, 0.5) is 8.78 Å². The average molecular weight is 413 g/mol. The van der Waals surface area contributed by atoms with Crippen molar-refractivity contribution in [3.05, 3.63) is 70.8 Å². The standard InChI is InChI=1S/C22H25F2N5O/c1-26-22(27-14-18-12-16(13-25)2-7-20(18)24)28-15-21(29-8-10-30-11-9-29)17-3-5-19(23)6-4-17/h2-7,12,21H,8-11,14-15H2,1H3,(H2,26,27,28). The summed E-state index contributed by atoms with van der Waals surface area (Å²) in [4.78, 5) is 6.49. The van der Waals surface area contributed by atoms with Crippen molar-refractivity contribution in [2.45, 2.75) is 12.6 Å². The van der Waals surface area contributed by atoms with E-state index in [4.69, 9.17) is 10.00 Å². The summed E-state index contributed by atoms with van der Waals surface area (Å²) in [5.41, 5.74) is 1.79. The Morgan fingerprint density at radius 1 is 1.17 bits per heavy atom. The van der Waals surface area contributed by atoms with Crippen molar-refractivity contribution in [1.29, 1.82) is 5.26 Å². The van der Waals surface area contributed by atoms with Gasteiger partial charge in [0.1, 0.15) is 11.6 Å². The lowest BCUT2D eigenvalue weighted by Gasteiger charge is -2.35. The fourth-order valence-electron chi connectivity index (χ4n) is 3.40. The van der Waals surface area contributed by atoms with Crippen LogP contribution in [0, 0.1) is 23.0 Å². The van der Waals surface area contributed by atoms with Crippen molar-refractivity contribution in [3.63, 3.8) is 0 Å². The molecule has 30 heavy (non-hydrogen) atoms. The third-order valence-electron chi connectivity index (χ3n) is 5.05. The molecule has 0 bridgehead atoms. The number of nitrogens with one attached hydrogen (secondary N) is 2. The zero-order valence-corrected chi connectivity index (χ0v) is 16.9. The van der Waals surface area contributed by atoms with Gasteiger partial charge in [0, 0.05) is 38.8 Å². The average Bonchev–Trinajstić information content (AvgIpc) is 2.78. The Bertz CT molecular complexity index is 905. The molecule has 0 amide bonds. The van der Waals surface area contributed by atoms with E-state index in [0.29, 0.717) is 36.8 Å². The van der Waals surface area contributed by atoms with Crippen LogP contribution in [0.2, 0.25) is 0 Å². The predicted octanol–water partition coefficient (Wildman–Crippen LogP) is 2.57. The van der Waals surface area contributed by atoms with E-state index < -0.39 is 0 Å². The van der Waals surface area contributed by atoms with Gasteiger partial charge in [-0.2, -0.15) is 5.26 Å². The van der Waals surface area contributed by atoms with E-state index >= 15 is 0 Å². The molecule has 2 aromatic carbocycles. The number of aliphatic imine (C=N–C) groups is 1. The van der Waals surface area contributed by atoms with E-state index in [1.165, 1.54) is 30.3 Å². The van der Waals surface area contributed by atoms with Gasteiger partial charge in [0.25, 0.3) is 0 Å². The second-order valence-electron chi connectivity index (χ2n) is 6.94. The van der Waals surface area contributed by atoms with E-state index in [1.807, 2.05) is 6.07 Å². The van der Waals surface area contributed by atoms with Crippen molar-refractivity contribution < 1.29 is 13.5 Å². The molecular formula is C22H25F2N5O. The maximum absolute atomic E-state index is 14.0. The molecule has 1 saturated heterocycles. The number of halogens is 2. The summed E-state index contributed by atoms with van der Waals surface area (Å²) >= 11 is 0. The van der Waals surface area contributed by atoms with Gasteiger partial charge >= 0.3 is 0 Å². The van der Waals surface area contributed by atoms with Crippen LogP contribution in [0.5, 0.6) is 0 Å². The monoisotopic (exact) mass is 413 g/mol. The van der Waals surface area contributed by atoms with Gasteiger partial charge in [0.2, 0.25) is 0 Å². The summed E-state index contributed by atoms with van der Waals surface area (Å²) in [6, 6.07) is 12.8.